The predicted octanol–water partition coefficient (Wildman–Crippen LogP) is 4.74. The van der Waals surface area contributed by atoms with Crippen LogP contribution in [0.2, 0.25) is 0 Å². The minimum absolute atomic E-state index is 0.0200. The molecule has 4 aromatic carbocycles. The molecule has 0 radical (unpaired) electrons. The quantitative estimate of drug-likeness (QED) is 0.147. The van der Waals surface area contributed by atoms with Crippen LogP contribution in [0.3, 0.4) is 0 Å². The molecule has 0 saturated carbocycles. The Morgan fingerprint density at radius 2 is 1.43 bits per heavy atom. The molecule has 1 fully saturated rings. The monoisotopic (exact) mass is 620 g/mol. The molecule has 4 aromatic rings. The number of hydrogen-bond donors (Lipinski definition) is 5. The van der Waals surface area contributed by atoms with Crippen LogP contribution in [0.25, 0.3) is 0 Å². The van der Waals surface area contributed by atoms with Gasteiger partial charge in [0.05, 0.1) is 19.1 Å². The summed E-state index contributed by atoms with van der Waals surface area (Å²) in [6.45, 7) is 1.62. The maximum absolute atomic E-state index is 13.8. The Hall–Kier alpha value is -4.99. The molecular weight excluding hydrogens is 580 g/mol. The molecule has 5 N–H and O–H groups in total. The van der Waals surface area contributed by atoms with Crippen molar-refractivity contribution in [3.05, 3.63) is 138 Å². The van der Waals surface area contributed by atoms with E-state index in [1.165, 1.54) is 0 Å². The largest absolute Gasteiger partial charge is 0.465 e. The standard InChI is InChI=1S/C37H40N4O5/c42-33(22-26-12-4-1-5-13-26)39-23-30-25-46-31(24-38-30)21-20-27-14-10-11-19-32(27)40-36(43)35(41-37(44)45)34(28-15-6-2-7-16-28)29-17-8-3-9-18-29/h1-19,30-31,34-35,38,41H,20-25H2,(H,39,42)(H,40,43)(H,44,45)/t30-,31?,35?/m1/s1. The molecule has 1 saturated heterocycles. The van der Waals surface area contributed by atoms with Crippen LogP contribution < -0.4 is 21.3 Å². The Balaban J connectivity index is 1.18. The molecular formula is C37H40N4O5. The number of para-hydroxylation sites is 1. The van der Waals surface area contributed by atoms with Crippen molar-refractivity contribution in [3.8, 4) is 0 Å². The highest BCUT2D eigenvalue weighted by Crippen LogP contribution is 2.30. The fourth-order valence-corrected chi connectivity index (χ4v) is 5.78. The van der Waals surface area contributed by atoms with Crippen molar-refractivity contribution in [2.45, 2.75) is 43.4 Å². The van der Waals surface area contributed by atoms with E-state index in [1.807, 2.05) is 115 Å². The van der Waals surface area contributed by atoms with E-state index in [-0.39, 0.29) is 18.1 Å². The number of aryl methyl sites for hydroxylation is 1. The Bertz CT molecular complexity index is 1520. The fourth-order valence-electron chi connectivity index (χ4n) is 5.78. The molecule has 3 atom stereocenters. The smallest absolute Gasteiger partial charge is 0.405 e. The molecule has 0 aliphatic carbocycles. The van der Waals surface area contributed by atoms with Crippen LogP contribution in [0.4, 0.5) is 10.5 Å². The molecule has 1 aliphatic heterocycles. The molecule has 3 amide bonds. The molecule has 1 heterocycles. The molecule has 46 heavy (non-hydrogen) atoms. The summed E-state index contributed by atoms with van der Waals surface area (Å²) in [5.41, 5.74) is 4.19. The number of hydrogen-bond acceptors (Lipinski definition) is 5. The van der Waals surface area contributed by atoms with Gasteiger partial charge in [0.2, 0.25) is 11.8 Å². The van der Waals surface area contributed by atoms with Gasteiger partial charge in [0.15, 0.2) is 0 Å². The molecule has 9 nitrogen and oxygen atoms in total. The van der Waals surface area contributed by atoms with Gasteiger partial charge in [-0.15, -0.1) is 0 Å². The van der Waals surface area contributed by atoms with E-state index < -0.39 is 24.0 Å². The minimum atomic E-state index is -1.28. The molecule has 1 aliphatic rings. The number of nitrogens with one attached hydrogen (secondary N) is 4. The van der Waals surface area contributed by atoms with Gasteiger partial charge in [-0.05, 0) is 41.2 Å². The summed E-state index contributed by atoms with van der Waals surface area (Å²) < 4.78 is 6.12. The van der Waals surface area contributed by atoms with Crippen LogP contribution in [0.5, 0.6) is 0 Å². The predicted molar refractivity (Wildman–Crippen MR) is 178 cm³/mol. The van der Waals surface area contributed by atoms with E-state index in [0.717, 1.165) is 28.7 Å². The van der Waals surface area contributed by atoms with E-state index in [1.54, 1.807) is 0 Å². The third-order valence-electron chi connectivity index (χ3n) is 8.14. The summed E-state index contributed by atoms with van der Waals surface area (Å²) in [6, 6.07) is 35.0. The topological polar surface area (TPSA) is 129 Å². The second-order valence-electron chi connectivity index (χ2n) is 11.4. The first-order chi connectivity index (χ1) is 22.5. The summed E-state index contributed by atoms with van der Waals surface area (Å²) in [5, 5.41) is 21.7. The van der Waals surface area contributed by atoms with Crippen LogP contribution in [-0.2, 0) is 27.2 Å². The Morgan fingerprint density at radius 1 is 0.826 bits per heavy atom. The molecule has 238 valence electrons. The van der Waals surface area contributed by atoms with Gasteiger partial charge in [-0.3, -0.25) is 9.59 Å². The zero-order valence-corrected chi connectivity index (χ0v) is 25.6. The van der Waals surface area contributed by atoms with E-state index in [9.17, 15) is 19.5 Å². The van der Waals surface area contributed by atoms with Crippen molar-refractivity contribution in [1.82, 2.24) is 16.0 Å². The van der Waals surface area contributed by atoms with Gasteiger partial charge in [-0.2, -0.15) is 0 Å². The number of morpholine rings is 1. The van der Waals surface area contributed by atoms with Crippen LogP contribution in [-0.4, -0.2) is 60.9 Å². The Labute approximate surface area is 269 Å². The van der Waals surface area contributed by atoms with Crippen molar-refractivity contribution in [3.63, 3.8) is 0 Å². The van der Waals surface area contributed by atoms with Crippen molar-refractivity contribution in [2.75, 3.05) is 25.0 Å². The normalized spacial score (nSPS) is 16.7. The van der Waals surface area contributed by atoms with E-state index >= 15 is 0 Å². The van der Waals surface area contributed by atoms with Crippen LogP contribution >= 0.6 is 0 Å². The van der Waals surface area contributed by atoms with Crippen LogP contribution in [0.15, 0.2) is 115 Å². The molecule has 9 heteroatoms. The lowest BCUT2D eigenvalue weighted by Crippen LogP contribution is -2.51. The van der Waals surface area contributed by atoms with E-state index in [2.05, 4.69) is 21.3 Å². The number of carbonyl (C=O) groups excluding carboxylic acids is 2. The average molecular weight is 621 g/mol. The number of benzene rings is 4. The highest BCUT2D eigenvalue weighted by Gasteiger charge is 2.33. The van der Waals surface area contributed by atoms with E-state index in [0.29, 0.717) is 38.2 Å². The maximum Gasteiger partial charge on any atom is 0.405 e. The summed E-state index contributed by atoms with van der Waals surface area (Å²) >= 11 is 0. The molecule has 5 rings (SSSR count). The van der Waals surface area contributed by atoms with E-state index in [4.69, 9.17) is 4.74 Å². The van der Waals surface area contributed by atoms with Crippen LogP contribution in [0.1, 0.15) is 34.6 Å². The lowest BCUT2D eigenvalue weighted by atomic mass is 9.84. The zero-order valence-electron chi connectivity index (χ0n) is 25.6. The highest BCUT2D eigenvalue weighted by molar-refractivity contribution is 5.98. The first-order valence-corrected chi connectivity index (χ1v) is 15.6. The second kappa shape index (κ2) is 16.4. The molecule has 0 spiro atoms. The summed E-state index contributed by atoms with van der Waals surface area (Å²) in [5.74, 6) is -1.00. The van der Waals surface area contributed by atoms with Gasteiger partial charge in [0.1, 0.15) is 6.04 Å². The third-order valence-corrected chi connectivity index (χ3v) is 8.14. The third kappa shape index (κ3) is 9.26. The summed E-state index contributed by atoms with van der Waals surface area (Å²) in [7, 11) is 0. The number of carboxylic acid groups (broad SMARTS) is 1. The molecule has 0 bridgehead atoms. The first-order valence-electron chi connectivity index (χ1n) is 15.6. The Kier molecular flexibility index (Phi) is 11.5. The fraction of sp³-hybridized carbons (Fsp3) is 0.270. The van der Waals surface area contributed by atoms with Gasteiger partial charge < -0.3 is 31.1 Å². The van der Waals surface area contributed by atoms with Crippen molar-refractivity contribution in [2.24, 2.45) is 0 Å². The SMILES string of the molecule is O=C(O)NC(C(=O)Nc1ccccc1CCC1CN[C@H](CNC(=O)Cc2ccccc2)CO1)C(c1ccccc1)c1ccccc1. The minimum Gasteiger partial charge on any atom is -0.465 e. The number of anilines is 1. The summed E-state index contributed by atoms with van der Waals surface area (Å²) in [6.07, 6.45) is 0.419. The Morgan fingerprint density at radius 3 is 2.04 bits per heavy atom. The van der Waals surface area contributed by atoms with Crippen molar-refractivity contribution in [1.29, 1.82) is 0 Å². The summed E-state index contributed by atoms with van der Waals surface area (Å²) in [4.78, 5) is 38.1. The van der Waals surface area contributed by atoms with Gasteiger partial charge in [0, 0.05) is 30.7 Å². The molecule has 0 aromatic heterocycles. The first kappa shape index (κ1) is 32.4. The lowest BCUT2D eigenvalue weighted by molar-refractivity contribution is -0.121. The van der Waals surface area contributed by atoms with Gasteiger partial charge >= 0.3 is 6.09 Å². The van der Waals surface area contributed by atoms with Crippen molar-refractivity contribution >= 4 is 23.6 Å². The maximum atomic E-state index is 13.8. The van der Waals surface area contributed by atoms with Gasteiger partial charge in [-0.1, -0.05) is 109 Å². The zero-order chi connectivity index (χ0) is 32.1. The highest BCUT2D eigenvalue weighted by atomic mass is 16.5. The lowest BCUT2D eigenvalue weighted by Gasteiger charge is -2.31. The number of carbonyl (C=O) groups is 3. The molecule has 2 unspecified atom stereocenters. The van der Waals surface area contributed by atoms with Crippen molar-refractivity contribution < 1.29 is 24.2 Å². The van der Waals surface area contributed by atoms with Crippen LogP contribution in [0, 0.1) is 0 Å². The number of ether oxygens (including phenoxy) is 1. The van der Waals surface area contributed by atoms with Gasteiger partial charge in [0.25, 0.3) is 0 Å². The van der Waals surface area contributed by atoms with Gasteiger partial charge in [-0.25, -0.2) is 4.79 Å². The number of amides is 3. The second-order valence-corrected chi connectivity index (χ2v) is 11.4. The number of rotatable bonds is 13. The average Bonchev–Trinajstić information content (AvgIpc) is 3.08.